The fourth-order valence-electron chi connectivity index (χ4n) is 1.57. The van der Waals surface area contributed by atoms with E-state index in [2.05, 4.69) is 10.6 Å². The van der Waals surface area contributed by atoms with Gasteiger partial charge in [-0.1, -0.05) is 17.7 Å². The molecule has 0 aromatic heterocycles. The second kappa shape index (κ2) is 6.45. The van der Waals surface area contributed by atoms with E-state index in [1.165, 1.54) is 30.2 Å². The zero-order valence-corrected chi connectivity index (χ0v) is 11.9. The minimum absolute atomic E-state index is 0.0288. The van der Waals surface area contributed by atoms with Crippen LogP contribution in [-0.4, -0.2) is 24.7 Å². The first-order valence-corrected chi connectivity index (χ1v) is 7.40. The van der Waals surface area contributed by atoms with Crippen LogP contribution in [0.3, 0.4) is 0 Å². The Morgan fingerprint density at radius 2 is 2.28 bits per heavy atom. The van der Waals surface area contributed by atoms with Gasteiger partial charge < -0.3 is 10.6 Å². The van der Waals surface area contributed by atoms with Gasteiger partial charge in [-0.05, 0) is 30.5 Å². The fourth-order valence-corrected chi connectivity index (χ4v) is 2.77. The van der Waals surface area contributed by atoms with Crippen molar-refractivity contribution in [2.75, 3.05) is 12.8 Å². The molecule has 2 rings (SSSR count). The molecule has 0 aliphatic heterocycles. The third kappa shape index (κ3) is 4.19. The lowest BCUT2D eigenvalue weighted by Gasteiger charge is -2.10. The molecule has 0 unspecified atom stereocenters. The molecule has 1 fully saturated rings. The Hall–Kier alpha value is -0.710. The third-order valence-electron chi connectivity index (χ3n) is 2.83. The first-order valence-electron chi connectivity index (χ1n) is 6.04. The van der Waals surface area contributed by atoms with Gasteiger partial charge in [0, 0.05) is 29.6 Å². The molecule has 0 heterocycles. The number of rotatable bonds is 6. The summed E-state index contributed by atoms with van der Waals surface area (Å²) in [6.45, 7) is 0.845. The number of thioether (sulfide) groups is 1. The van der Waals surface area contributed by atoms with Crippen molar-refractivity contribution < 1.29 is 4.79 Å². The lowest BCUT2D eigenvalue weighted by Crippen LogP contribution is -2.20. The van der Waals surface area contributed by atoms with Gasteiger partial charge >= 0.3 is 0 Å². The van der Waals surface area contributed by atoms with Gasteiger partial charge in [0.25, 0.3) is 0 Å². The summed E-state index contributed by atoms with van der Waals surface area (Å²) in [4.78, 5) is 12.4. The normalized spacial score (nSPS) is 14.6. The van der Waals surface area contributed by atoms with Crippen molar-refractivity contribution >= 4 is 29.3 Å². The average Bonchev–Trinajstić information content (AvgIpc) is 3.18. The van der Waals surface area contributed by atoms with Crippen molar-refractivity contribution in [2.45, 2.75) is 30.3 Å². The Bertz CT molecular complexity index is 435. The van der Waals surface area contributed by atoms with Crippen LogP contribution in [0.2, 0.25) is 5.02 Å². The SMILES string of the molecule is CNC(=O)CSc1cc(Cl)ccc1CNC1CC1. The van der Waals surface area contributed by atoms with E-state index < -0.39 is 0 Å². The lowest BCUT2D eigenvalue weighted by atomic mass is 10.2. The van der Waals surface area contributed by atoms with Gasteiger partial charge in [-0.25, -0.2) is 0 Å². The van der Waals surface area contributed by atoms with E-state index in [9.17, 15) is 4.79 Å². The van der Waals surface area contributed by atoms with Crippen LogP contribution < -0.4 is 10.6 Å². The summed E-state index contributed by atoms with van der Waals surface area (Å²) in [6.07, 6.45) is 2.54. The summed E-state index contributed by atoms with van der Waals surface area (Å²) < 4.78 is 0. The molecule has 1 aromatic rings. The second-order valence-electron chi connectivity index (χ2n) is 4.37. The molecule has 18 heavy (non-hydrogen) atoms. The monoisotopic (exact) mass is 284 g/mol. The Labute approximate surface area is 117 Å². The van der Waals surface area contributed by atoms with Gasteiger partial charge in [-0.15, -0.1) is 11.8 Å². The van der Waals surface area contributed by atoms with E-state index >= 15 is 0 Å². The molecule has 0 bridgehead atoms. The molecule has 1 amide bonds. The smallest absolute Gasteiger partial charge is 0.230 e. The predicted octanol–water partition coefficient (Wildman–Crippen LogP) is 2.43. The van der Waals surface area contributed by atoms with Crippen LogP contribution in [0.25, 0.3) is 0 Å². The van der Waals surface area contributed by atoms with E-state index in [0.717, 1.165) is 11.4 Å². The van der Waals surface area contributed by atoms with Gasteiger partial charge in [-0.3, -0.25) is 4.79 Å². The Kier molecular flexibility index (Phi) is 4.92. The van der Waals surface area contributed by atoms with Gasteiger partial charge in [0.2, 0.25) is 5.91 Å². The van der Waals surface area contributed by atoms with Crippen molar-refractivity contribution in [2.24, 2.45) is 0 Å². The molecule has 1 aliphatic carbocycles. The van der Waals surface area contributed by atoms with Crippen molar-refractivity contribution in [1.82, 2.24) is 10.6 Å². The van der Waals surface area contributed by atoms with Crippen molar-refractivity contribution in [3.63, 3.8) is 0 Å². The summed E-state index contributed by atoms with van der Waals surface area (Å²) in [5.74, 6) is 0.453. The van der Waals surface area contributed by atoms with E-state index in [1.54, 1.807) is 7.05 Å². The largest absolute Gasteiger partial charge is 0.358 e. The number of hydrogen-bond donors (Lipinski definition) is 2. The van der Waals surface area contributed by atoms with Crippen LogP contribution in [0.5, 0.6) is 0 Å². The minimum atomic E-state index is 0.0288. The zero-order chi connectivity index (χ0) is 13.0. The number of amides is 1. The molecule has 98 valence electrons. The number of nitrogens with one attached hydrogen (secondary N) is 2. The summed E-state index contributed by atoms with van der Waals surface area (Å²) in [5, 5.41) is 6.81. The highest BCUT2D eigenvalue weighted by atomic mass is 35.5. The molecule has 5 heteroatoms. The molecule has 3 nitrogen and oxygen atoms in total. The molecule has 1 saturated carbocycles. The molecule has 1 aromatic carbocycles. The van der Waals surface area contributed by atoms with Gasteiger partial charge in [0.15, 0.2) is 0 Å². The molecule has 0 saturated heterocycles. The zero-order valence-electron chi connectivity index (χ0n) is 10.3. The van der Waals surface area contributed by atoms with E-state index in [-0.39, 0.29) is 5.91 Å². The van der Waals surface area contributed by atoms with Crippen LogP contribution in [0.4, 0.5) is 0 Å². The van der Waals surface area contributed by atoms with E-state index in [1.807, 2.05) is 18.2 Å². The van der Waals surface area contributed by atoms with E-state index in [0.29, 0.717) is 16.8 Å². The van der Waals surface area contributed by atoms with Crippen molar-refractivity contribution in [1.29, 1.82) is 0 Å². The highest BCUT2D eigenvalue weighted by Gasteiger charge is 2.20. The summed E-state index contributed by atoms with van der Waals surface area (Å²) in [7, 11) is 1.65. The third-order valence-corrected chi connectivity index (χ3v) is 4.16. The first kappa shape index (κ1) is 13.7. The molecular weight excluding hydrogens is 268 g/mol. The summed E-state index contributed by atoms with van der Waals surface area (Å²) >= 11 is 7.54. The average molecular weight is 285 g/mol. The minimum Gasteiger partial charge on any atom is -0.358 e. The van der Waals surface area contributed by atoms with Crippen LogP contribution in [0.1, 0.15) is 18.4 Å². The quantitative estimate of drug-likeness (QED) is 0.789. The highest BCUT2D eigenvalue weighted by Crippen LogP contribution is 2.27. The second-order valence-corrected chi connectivity index (χ2v) is 5.82. The molecule has 0 radical (unpaired) electrons. The van der Waals surface area contributed by atoms with Crippen molar-refractivity contribution in [3.05, 3.63) is 28.8 Å². The molecule has 1 aliphatic rings. The van der Waals surface area contributed by atoms with Gasteiger partial charge in [0.05, 0.1) is 5.75 Å². The number of hydrogen-bond acceptors (Lipinski definition) is 3. The Balaban J connectivity index is 1.99. The Morgan fingerprint density at radius 3 is 2.94 bits per heavy atom. The number of carbonyl (C=O) groups excluding carboxylic acids is 1. The highest BCUT2D eigenvalue weighted by molar-refractivity contribution is 8.00. The number of benzene rings is 1. The maximum absolute atomic E-state index is 11.3. The van der Waals surface area contributed by atoms with Gasteiger partial charge in [-0.2, -0.15) is 0 Å². The maximum atomic E-state index is 11.3. The van der Waals surface area contributed by atoms with Gasteiger partial charge in [0.1, 0.15) is 0 Å². The number of halogens is 1. The van der Waals surface area contributed by atoms with Crippen LogP contribution >= 0.6 is 23.4 Å². The van der Waals surface area contributed by atoms with Crippen LogP contribution in [0, 0.1) is 0 Å². The Morgan fingerprint density at radius 1 is 1.50 bits per heavy atom. The lowest BCUT2D eigenvalue weighted by molar-refractivity contribution is -0.118. The maximum Gasteiger partial charge on any atom is 0.230 e. The summed E-state index contributed by atoms with van der Waals surface area (Å²) in [5.41, 5.74) is 1.21. The van der Waals surface area contributed by atoms with Crippen LogP contribution in [-0.2, 0) is 11.3 Å². The standard InChI is InChI=1S/C13H17ClN2OS/c1-15-13(17)8-18-12-6-10(14)3-2-9(12)7-16-11-4-5-11/h2-3,6,11,16H,4-5,7-8H2,1H3,(H,15,17). The molecule has 0 spiro atoms. The van der Waals surface area contributed by atoms with E-state index in [4.69, 9.17) is 11.6 Å². The first-order chi connectivity index (χ1) is 8.69. The van der Waals surface area contributed by atoms with Crippen LogP contribution in [0.15, 0.2) is 23.1 Å². The fraction of sp³-hybridized carbons (Fsp3) is 0.462. The predicted molar refractivity (Wildman–Crippen MR) is 76.1 cm³/mol. The summed E-state index contributed by atoms with van der Waals surface area (Å²) in [6, 6.07) is 6.54. The molecule has 2 N–H and O–H groups in total. The topological polar surface area (TPSA) is 41.1 Å². The molecule has 0 atom stereocenters. The molecular formula is C13H17ClN2OS. The van der Waals surface area contributed by atoms with Crippen molar-refractivity contribution in [3.8, 4) is 0 Å². The number of carbonyl (C=O) groups is 1.